The largest absolute Gasteiger partial charge is 0.336 e. The molecular formula is C18H18N8O2S. The van der Waals surface area contributed by atoms with Gasteiger partial charge in [0.05, 0.1) is 0 Å². The third kappa shape index (κ3) is 3.80. The zero-order valence-corrected chi connectivity index (χ0v) is 16.1. The number of hydrogen-bond donors (Lipinski definition) is 2. The standard InChI is InChI=1S/C18H18N8O2S/c19-25-15(21-23-17(25)13-7-3-1-4-8-13)11-29(27,28)12-16-22-24-18(26(16)20)14-9-5-2-6-10-14/h1-10H,11-12,19-20H2. The van der Waals surface area contributed by atoms with Crippen LogP contribution in [0.3, 0.4) is 0 Å². The van der Waals surface area contributed by atoms with Gasteiger partial charge in [-0.3, -0.25) is 0 Å². The predicted molar refractivity (Wildman–Crippen MR) is 108 cm³/mol. The van der Waals surface area contributed by atoms with Crippen molar-refractivity contribution in [2.24, 2.45) is 0 Å². The molecule has 0 atom stereocenters. The lowest BCUT2D eigenvalue weighted by atomic mass is 10.2. The van der Waals surface area contributed by atoms with E-state index < -0.39 is 21.3 Å². The first-order valence-corrected chi connectivity index (χ1v) is 10.5. The first-order valence-electron chi connectivity index (χ1n) is 8.64. The number of hydrogen-bond acceptors (Lipinski definition) is 8. The van der Waals surface area contributed by atoms with E-state index in [9.17, 15) is 8.42 Å². The van der Waals surface area contributed by atoms with Gasteiger partial charge in [0, 0.05) is 11.1 Å². The lowest BCUT2D eigenvalue weighted by molar-refractivity contribution is 0.589. The van der Waals surface area contributed by atoms with Crippen LogP contribution in [0.1, 0.15) is 11.6 Å². The summed E-state index contributed by atoms with van der Waals surface area (Å²) in [5.74, 6) is 12.2. The maximum atomic E-state index is 12.7. The van der Waals surface area contributed by atoms with Crippen LogP contribution in [0.2, 0.25) is 0 Å². The van der Waals surface area contributed by atoms with E-state index in [2.05, 4.69) is 20.4 Å². The monoisotopic (exact) mass is 410 g/mol. The fourth-order valence-electron chi connectivity index (χ4n) is 2.86. The molecule has 2 aromatic heterocycles. The van der Waals surface area contributed by atoms with Crippen LogP contribution in [0.5, 0.6) is 0 Å². The van der Waals surface area contributed by atoms with Crippen LogP contribution in [-0.2, 0) is 21.3 Å². The van der Waals surface area contributed by atoms with E-state index in [1.807, 2.05) is 60.7 Å². The Hall–Kier alpha value is -3.73. The van der Waals surface area contributed by atoms with E-state index in [4.69, 9.17) is 11.7 Å². The average molecular weight is 410 g/mol. The van der Waals surface area contributed by atoms with Gasteiger partial charge >= 0.3 is 0 Å². The second kappa shape index (κ2) is 7.36. The second-order valence-electron chi connectivity index (χ2n) is 6.38. The summed E-state index contributed by atoms with van der Waals surface area (Å²) in [6, 6.07) is 18.3. The van der Waals surface area contributed by atoms with Crippen LogP contribution >= 0.6 is 0 Å². The van der Waals surface area contributed by atoms with Gasteiger partial charge in [-0.05, 0) is 0 Å². The van der Waals surface area contributed by atoms with Gasteiger partial charge in [-0.25, -0.2) is 17.8 Å². The first kappa shape index (κ1) is 18.6. The van der Waals surface area contributed by atoms with Crippen molar-refractivity contribution in [2.75, 3.05) is 11.7 Å². The Morgan fingerprint density at radius 2 is 1.03 bits per heavy atom. The van der Waals surface area contributed by atoms with Crippen LogP contribution < -0.4 is 11.7 Å². The van der Waals surface area contributed by atoms with Crippen molar-refractivity contribution in [1.29, 1.82) is 0 Å². The minimum atomic E-state index is -3.68. The summed E-state index contributed by atoms with van der Waals surface area (Å²) in [6.07, 6.45) is 0. The van der Waals surface area contributed by atoms with E-state index in [0.29, 0.717) is 11.6 Å². The molecule has 148 valence electrons. The number of nitrogens with two attached hydrogens (primary N) is 2. The van der Waals surface area contributed by atoms with Crippen molar-refractivity contribution in [3.05, 3.63) is 72.3 Å². The zero-order chi connectivity index (χ0) is 20.4. The molecule has 0 amide bonds. The molecule has 4 aromatic rings. The minimum Gasteiger partial charge on any atom is -0.336 e. The molecule has 0 saturated heterocycles. The van der Waals surface area contributed by atoms with Crippen LogP contribution in [0, 0.1) is 0 Å². The van der Waals surface area contributed by atoms with Gasteiger partial charge in [-0.2, -0.15) is 0 Å². The lowest BCUT2D eigenvalue weighted by Crippen LogP contribution is -2.21. The molecule has 0 unspecified atom stereocenters. The Morgan fingerprint density at radius 3 is 1.41 bits per heavy atom. The quantitative estimate of drug-likeness (QED) is 0.442. The average Bonchev–Trinajstić information content (AvgIpc) is 3.25. The molecule has 0 spiro atoms. The highest BCUT2D eigenvalue weighted by Gasteiger charge is 2.23. The molecule has 0 aliphatic heterocycles. The highest BCUT2D eigenvalue weighted by atomic mass is 32.2. The number of aromatic nitrogens is 6. The third-order valence-corrected chi connectivity index (χ3v) is 5.69. The molecule has 29 heavy (non-hydrogen) atoms. The van der Waals surface area contributed by atoms with E-state index in [1.54, 1.807) is 0 Å². The van der Waals surface area contributed by atoms with E-state index in [0.717, 1.165) is 11.1 Å². The summed E-state index contributed by atoms with van der Waals surface area (Å²) in [4.78, 5) is 0. The van der Waals surface area contributed by atoms with Crippen molar-refractivity contribution in [1.82, 2.24) is 29.7 Å². The number of rotatable bonds is 6. The molecule has 2 aromatic carbocycles. The lowest BCUT2D eigenvalue weighted by Gasteiger charge is -2.06. The second-order valence-corrected chi connectivity index (χ2v) is 8.45. The van der Waals surface area contributed by atoms with Crippen LogP contribution in [0.4, 0.5) is 0 Å². The van der Waals surface area contributed by atoms with Gasteiger partial charge in [-0.1, -0.05) is 60.7 Å². The number of sulfone groups is 1. The summed E-state index contributed by atoms with van der Waals surface area (Å²) >= 11 is 0. The molecule has 0 fully saturated rings. The Bertz CT molecular complexity index is 1140. The van der Waals surface area contributed by atoms with E-state index in [1.165, 1.54) is 9.35 Å². The van der Waals surface area contributed by atoms with Crippen LogP contribution in [0.25, 0.3) is 22.8 Å². The summed E-state index contributed by atoms with van der Waals surface area (Å²) in [7, 11) is -3.68. The Labute approximate surface area is 166 Å². The fraction of sp³-hybridized carbons (Fsp3) is 0.111. The Morgan fingerprint density at radius 1 is 0.655 bits per heavy atom. The normalized spacial score (nSPS) is 11.6. The summed E-state index contributed by atoms with van der Waals surface area (Å²) in [5, 5.41) is 15.9. The number of nitrogen functional groups attached to an aromatic ring is 2. The van der Waals surface area contributed by atoms with Crippen LogP contribution in [0.15, 0.2) is 60.7 Å². The van der Waals surface area contributed by atoms with Gasteiger partial charge in [0.2, 0.25) is 0 Å². The maximum absolute atomic E-state index is 12.7. The highest BCUT2D eigenvalue weighted by Crippen LogP contribution is 2.19. The van der Waals surface area contributed by atoms with Gasteiger partial charge in [0.25, 0.3) is 0 Å². The minimum absolute atomic E-state index is 0.121. The topological polar surface area (TPSA) is 148 Å². The molecule has 0 saturated carbocycles. The van der Waals surface area contributed by atoms with Gasteiger partial charge < -0.3 is 11.7 Å². The molecule has 2 heterocycles. The molecule has 10 nitrogen and oxygen atoms in total. The molecule has 4 rings (SSSR count). The highest BCUT2D eigenvalue weighted by molar-refractivity contribution is 7.89. The SMILES string of the molecule is Nn1c(CS(=O)(=O)Cc2nnc(-c3ccccc3)n2N)nnc1-c1ccccc1. The van der Waals surface area contributed by atoms with E-state index in [-0.39, 0.29) is 11.6 Å². The van der Waals surface area contributed by atoms with Gasteiger partial charge in [-0.15, -0.1) is 20.4 Å². The van der Waals surface area contributed by atoms with E-state index >= 15 is 0 Å². The van der Waals surface area contributed by atoms with Crippen molar-refractivity contribution < 1.29 is 8.42 Å². The van der Waals surface area contributed by atoms with Crippen molar-refractivity contribution in [3.8, 4) is 22.8 Å². The van der Waals surface area contributed by atoms with Crippen molar-refractivity contribution >= 4 is 9.84 Å². The number of nitrogens with zero attached hydrogens (tertiary/aromatic N) is 6. The molecule has 0 bridgehead atoms. The Kier molecular flexibility index (Phi) is 4.72. The van der Waals surface area contributed by atoms with Crippen LogP contribution in [-0.4, -0.2) is 38.2 Å². The molecule has 0 aliphatic rings. The molecule has 0 aliphatic carbocycles. The summed E-state index contributed by atoms with van der Waals surface area (Å²) in [6.45, 7) is 0. The van der Waals surface area contributed by atoms with Gasteiger partial charge in [0.1, 0.15) is 11.5 Å². The molecule has 0 radical (unpaired) electrons. The maximum Gasteiger partial charge on any atom is 0.182 e. The fourth-order valence-corrected chi connectivity index (χ4v) is 4.14. The molecule has 11 heteroatoms. The molecular weight excluding hydrogens is 392 g/mol. The van der Waals surface area contributed by atoms with Crippen molar-refractivity contribution in [3.63, 3.8) is 0 Å². The zero-order valence-electron chi connectivity index (χ0n) is 15.3. The summed E-state index contributed by atoms with van der Waals surface area (Å²) in [5.41, 5.74) is 1.47. The number of benzene rings is 2. The summed E-state index contributed by atoms with van der Waals surface area (Å²) < 4.78 is 27.7. The molecule has 4 N–H and O–H groups in total. The smallest absolute Gasteiger partial charge is 0.182 e. The third-order valence-electron chi connectivity index (χ3n) is 4.29. The van der Waals surface area contributed by atoms with Gasteiger partial charge in [0.15, 0.2) is 33.1 Å². The first-order chi connectivity index (χ1) is 13.9. The predicted octanol–water partition coefficient (Wildman–Crippen LogP) is 0.746. The Balaban J connectivity index is 1.55. The van der Waals surface area contributed by atoms with Crippen molar-refractivity contribution in [2.45, 2.75) is 11.5 Å².